The maximum absolute atomic E-state index is 12.9. The number of aldehydes is 1. The van der Waals surface area contributed by atoms with E-state index in [9.17, 15) is 23.1 Å². The molecule has 1 fully saturated rings. The molecule has 2 heterocycles. The van der Waals surface area contributed by atoms with Crippen molar-refractivity contribution in [3.63, 3.8) is 0 Å². The van der Waals surface area contributed by atoms with E-state index in [1.54, 1.807) is 14.0 Å². The van der Waals surface area contributed by atoms with Gasteiger partial charge in [0.05, 0.1) is 23.8 Å². The van der Waals surface area contributed by atoms with Gasteiger partial charge in [0, 0.05) is 13.7 Å². The van der Waals surface area contributed by atoms with E-state index < -0.39 is 24.4 Å². The molecule has 1 aliphatic heterocycles. The maximum atomic E-state index is 12.9. The largest absolute Gasteiger partial charge is 0.416 e. The zero-order valence-electron chi connectivity index (χ0n) is 16.6. The summed E-state index contributed by atoms with van der Waals surface area (Å²) >= 11 is 0. The predicted molar refractivity (Wildman–Crippen MR) is 104 cm³/mol. The third kappa shape index (κ3) is 4.39. The Labute approximate surface area is 171 Å². The van der Waals surface area contributed by atoms with Gasteiger partial charge in [-0.2, -0.15) is 18.3 Å². The Morgan fingerprint density at radius 2 is 2.13 bits per heavy atom. The van der Waals surface area contributed by atoms with Gasteiger partial charge in [0.15, 0.2) is 12.1 Å². The van der Waals surface area contributed by atoms with Crippen LogP contribution in [-0.2, 0) is 17.5 Å². The summed E-state index contributed by atoms with van der Waals surface area (Å²) in [6.07, 6.45) is -2.46. The second-order valence-electron chi connectivity index (χ2n) is 6.95. The Bertz CT molecular complexity index is 917. The molecule has 2 unspecified atom stereocenters. The zero-order chi connectivity index (χ0) is 21.9. The molecule has 2 aromatic rings. The lowest BCUT2D eigenvalue weighted by Gasteiger charge is -2.17. The number of carbonyl (C=O) groups excluding carboxylic acids is 1. The lowest BCUT2D eigenvalue weighted by molar-refractivity contribution is -0.137. The van der Waals surface area contributed by atoms with E-state index in [-0.39, 0.29) is 23.2 Å². The topological polar surface area (TPSA) is 88.7 Å². The first-order chi connectivity index (χ1) is 14.3. The van der Waals surface area contributed by atoms with Crippen LogP contribution in [0.4, 0.5) is 19.0 Å². The van der Waals surface area contributed by atoms with Crippen molar-refractivity contribution in [3.8, 4) is 0 Å². The minimum absolute atomic E-state index is 0.127. The van der Waals surface area contributed by atoms with Crippen LogP contribution in [0.3, 0.4) is 0 Å². The summed E-state index contributed by atoms with van der Waals surface area (Å²) in [5, 5.41) is 16.9. The van der Waals surface area contributed by atoms with Gasteiger partial charge in [-0.1, -0.05) is 12.1 Å². The quantitative estimate of drug-likeness (QED) is 0.422. The average Bonchev–Trinajstić information content (AvgIpc) is 3.38. The smallest absolute Gasteiger partial charge is 0.390 e. The van der Waals surface area contributed by atoms with Gasteiger partial charge in [0.25, 0.3) is 0 Å². The molecule has 30 heavy (non-hydrogen) atoms. The van der Waals surface area contributed by atoms with Crippen molar-refractivity contribution < 1.29 is 27.8 Å². The Morgan fingerprint density at radius 3 is 2.63 bits per heavy atom. The average molecular weight is 424 g/mol. The van der Waals surface area contributed by atoms with Gasteiger partial charge in [-0.3, -0.25) is 4.79 Å². The van der Waals surface area contributed by atoms with Crippen LogP contribution in [0.15, 0.2) is 29.3 Å². The summed E-state index contributed by atoms with van der Waals surface area (Å²) in [5.41, 5.74) is 0.0666. The minimum Gasteiger partial charge on any atom is -0.390 e. The number of halogens is 3. The van der Waals surface area contributed by atoms with Crippen LogP contribution in [0, 0.1) is 0 Å². The molecule has 10 heteroatoms. The SMILES string of the molecule is CN/C(=N\c1c(C=O)c(CO)nn1C(C)c1ccc(C(F)(F)F)cc1)C1CCCO1. The summed E-state index contributed by atoms with van der Waals surface area (Å²) in [6.45, 7) is 1.86. The first kappa shape index (κ1) is 22.0. The van der Waals surface area contributed by atoms with Crippen molar-refractivity contribution in [1.82, 2.24) is 15.1 Å². The van der Waals surface area contributed by atoms with Crippen molar-refractivity contribution in [2.24, 2.45) is 4.99 Å². The molecule has 0 aliphatic carbocycles. The maximum Gasteiger partial charge on any atom is 0.416 e. The molecule has 0 spiro atoms. The molecule has 0 radical (unpaired) electrons. The number of rotatable bonds is 6. The molecular formula is C20H23F3N4O3. The highest BCUT2D eigenvalue weighted by Crippen LogP contribution is 2.33. The normalized spacial score (nSPS) is 18.5. The number of ether oxygens (including phenoxy) is 1. The highest BCUT2D eigenvalue weighted by Gasteiger charge is 2.31. The molecule has 7 nitrogen and oxygen atoms in total. The molecule has 2 N–H and O–H groups in total. The number of aliphatic hydroxyl groups is 1. The fraction of sp³-hybridized carbons (Fsp3) is 0.450. The standard InChI is InChI=1S/C20H23F3N4O3/c1-12(13-5-7-14(8-6-13)20(21,22)23)27-19(15(10-28)16(11-29)26-27)25-18(24-2)17-4-3-9-30-17/h5-8,10,12,17,29H,3-4,9,11H2,1-2H3,(H,24,25). The fourth-order valence-electron chi connectivity index (χ4n) is 3.39. The van der Waals surface area contributed by atoms with E-state index in [0.717, 1.165) is 25.0 Å². The number of hydrogen-bond acceptors (Lipinski definition) is 5. The van der Waals surface area contributed by atoms with E-state index in [1.807, 2.05) is 0 Å². The third-order valence-corrected chi connectivity index (χ3v) is 5.07. The number of aliphatic hydroxyl groups excluding tert-OH is 1. The summed E-state index contributed by atoms with van der Waals surface area (Å²) < 4.78 is 45.7. The summed E-state index contributed by atoms with van der Waals surface area (Å²) in [7, 11) is 1.69. The number of nitrogens with zero attached hydrogens (tertiary/aromatic N) is 3. The van der Waals surface area contributed by atoms with E-state index >= 15 is 0 Å². The molecule has 1 aromatic heterocycles. The molecule has 162 valence electrons. The summed E-state index contributed by atoms with van der Waals surface area (Å²) in [5.74, 6) is 0.724. The van der Waals surface area contributed by atoms with Crippen LogP contribution in [0.5, 0.6) is 0 Å². The molecule has 1 aromatic carbocycles. The van der Waals surface area contributed by atoms with Gasteiger partial charge in [-0.05, 0) is 37.5 Å². The highest BCUT2D eigenvalue weighted by atomic mass is 19.4. The Hall–Kier alpha value is -2.72. The number of nitrogens with one attached hydrogen (secondary N) is 1. The van der Waals surface area contributed by atoms with Gasteiger partial charge in [0.2, 0.25) is 0 Å². The molecule has 1 saturated heterocycles. The van der Waals surface area contributed by atoms with E-state index in [0.29, 0.717) is 24.3 Å². The van der Waals surface area contributed by atoms with Crippen LogP contribution in [0.1, 0.15) is 53.0 Å². The van der Waals surface area contributed by atoms with Crippen LogP contribution in [0.2, 0.25) is 0 Å². The molecule has 0 amide bonds. The van der Waals surface area contributed by atoms with Crippen molar-refractivity contribution >= 4 is 17.9 Å². The molecule has 1 aliphatic rings. The minimum atomic E-state index is -4.43. The lowest BCUT2D eigenvalue weighted by atomic mass is 10.1. The van der Waals surface area contributed by atoms with E-state index in [4.69, 9.17) is 4.74 Å². The predicted octanol–water partition coefficient (Wildman–Crippen LogP) is 3.24. The molecule has 0 bridgehead atoms. The number of aliphatic imine (C=N–C) groups is 1. The number of alkyl halides is 3. The van der Waals surface area contributed by atoms with Crippen LogP contribution in [-0.4, -0.2) is 46.8 Å². The van der Waals surface area contributed by atoms with Gasteiger partial charge in [-0.25, -0.2) is 9.67 Å². The number of likely N-dealkylation sites (N-methyl/N-ethyl adjacent to an activating group) is 1. The van der Waals surface area contributed by atoms with Crippen molar-refractivity contribution in [3.05, 3.63) is 46.6 Å². The molecule has 3 rings (SSSR count). The summed E-state index contributed by atoms with van der Waals surface area (Å²) in [4.78, 5) is 16.3. The molecular weight excluding hydrogens is 401 g/mol. The summed E-state index contributed by atoms with van der Waals surface area (Å²) in [6, 6.07) is 4.18. The monoisotopic (exact) mass is 424 g/mol. The zero-order valence-corrected chi connectivity index (χ0v) is 16.6. The second-order valence-corrected chi connectivity index (χ2v) is 6.95. The lowest BCUT2D eigenvalue weighted by Crippen LogP contribution is -2.31. The fourth-order valence-corrected chi connectivity index (χ4v) is 3.39. The van der Waals surface area contributed by atoms with E-state index in [1.165, 1.54) is 16.8 Å². The van der Waals surface area contributed by atoms with Crippen molar-refractivity contribution in [2.45, 2.75) is 44.7 Å². The highest BCUT2D eigenvalue weighted by molar-refractivity contribution is 5.92. The number of hydrogen-bond donors (Lipinski definition) is 2. The first-order valence-corrected chi connectivity index (χ1v) is 9.52. The Kier molecular flexibility index (Phi) is 6.57. The molecule has 0 saturated carbocycles. The van der Waals surface area contributed by atoms with Gasteiger partial charge >= 0.3 is 6.18 Å². The van der Waals surface area contributed by atoms with Crippen molar-refractivity contribution in [1.29, 1.82) is 0 Å². The number of carbonyl (C=O) groups is 1. The third-order valence-electron chi connectivity index (χ3n) is 5.07. The Morgan fingerprint density at radius 1 is 1.43 bits per heavy atom. The molecule has 2 atom stereocenters. The van der Waals surface area contributed by atoms with Crippen molar-refractivity contribution in [2.75, 3.05) is 13.7 Å². The van der Waals surface area contributed by atoms with Crippen LogP contribution >= 0.6 is 0 Å². The number of aromatic nitrogens is 2. The van der Waals surface area contributed by atoms with Crippen LogP contribution < -0.4 is 5.32 Å². The van der Waals surface area contributed by atoms with Gasteiger partial charge < -0.3 is 15.2 Å². The van der Waals surface area contributed by atoms with Gasteiger partial charge in [0.1, 0.15) is 17.6 Å². The van der Waals surface area contributed by atoms with Gasteiger partial charge in [-0.15, -0.1) is 0 Å². The number of benzene rings is 1. The van der Waals surface area contributed by atoms with Crippen LogP contribution in [0.25, 0.3) is 0 Å². The number of amidine groups is 1. The first-order valence-electron chi connectivity index (χ1n) is 9.52. The Balaban J connectivity index is 2.05. The van der Waals surface area contributed by atoms with E-state index in [2.05, 4.69) is 15.4 Å². The second kappa shape index (κ2) is 8.97.